The number of aromatic nitrogens is 3. The Hall–Kier alpha value is -1.30. The highest BCUT2D eigenvalue weighted by Crippen LogP contribution is 2.26. The number of ether oxygens (including phenoxy) is 1. The Kier molecular flexibility index (Phi) is 4.06. The maximum atomic E-state index is 5.89. The molecule has 0 radical (unpaired) electrons. The molecule has 0 aliphatic heterocycles. The van der Waals surface area contributed by atoms with Crippen LogP contribution in [0.25, 0.3) is 0 Å². The molecule has 8 heteroatoms. The molecule has 0 fully saturated rings. The Bertz CT molecular complexity index is 579. The number of methoxy groups -OCH3 is 1. The lowest BCUT2D eigenvalue weighted by Crippen LogP contribution is -2.01. The first-order chi connectivity index (χ1) is 8.58. The normalized spacial score (nSPS) is 10.2. The molecule has 18 heavy (non-hydrogen) atoms. The van der Waals surface area contributed by atoms with Crippen molar-refractivity contribution in [1.82, 2.24) is 15.0 Å². The minimum Gasteiger partial charge on any atom is -0.467 e. The van der Waals surface area contributed by atoms with Gasteiger partial charge in [-0.2, -0.15) is 15.0 Å². The van der Waals surface area contributed by atoms with Gasteiger partial charge in [-0.05, 0) is 29.8 Å². The molecule has 1 heterocycles. The van der Waals surface area contributed by atoms with Gasteiger partial charge in [0.2, 0.25) is 11.2 Å². The maximum Gasteiger partial charge on any atom is 0.322 e. The highest BCUT2D eigenvalue weighted by molar-refractivity contribution is 6.42. The molecule has 5 nitrogen and oxygen atoms in total. The summed E-state index contributed by atoms with van der Waals surface area (Å²) >= 11 is 17.4. The molecule has 0 saturated heterocycles. The Morgan fingerprint density at radius 2 is 1.83 bits per heavy atom. The molecule has 2 aromatic rings. The minimum atomic E-state index is 0.0319. The molecule has 0 amide bonds. The van der Waals surface area contributed by atoms with Crippen LogP contribution in [0, 0.1) is 0 Å². The van der Waals surface area contributed by atoms with E-state index in [1.807, 2.05) is 0 Å². The van der Waals surface area contributed by atoms with Crippen molar-refractivity contribution in [2.24, 2.45) is 0 Å². The van der Waals surface area contributed by atoms with E-state index in [2.05, 4.69) is 20.3 Å². The fourth-order valence-electron chi connectivity index (χ4n) is 1.18. The first kappa shape index (κ1) is 13.1. The first-order valence-electron chi connectivity index (χ1n) is 4.76. The van der Waals surface area contributed by atoms with Crippen LogP contribution in [0.3, 0.4) is 0 Å². The second kappa shape index (κ2) is 5.56. The summed E-state index contributed by atoms with van der Waals surface area (Å²) in [5.41, 5.74) is 0.675. The van der Waals surface area contributed by atoms with E-state index in [-0.39, 0.29) is 17.2 Å². The van der Waals surface area contributed by atoms with Gasteiger partial charge in [-0.15, -0.1) is 0 Å². The van der Waals surface area contributed by atoms with Gasteiger partial charge in [-0.3, -0.25) is 0 Å². The topological polar surface area (TPSA) is 59.9 Å². The lowest BCUT2D eigenvalue weighted by atomic mass is 10.3. The Morgan fingerprint density at radius 1 is 1.06 bits per heavy atom. The average molecular weight is 306 g/mol. The van der Waals surface area contributed by atoms with Gasteiger partial charge in [-0.1, -0.05) is 23.2 Å². The third kappa shape index (κ3) is 3.13. The Balaban J connectivity index is 2.27. The zero-order chi connectivity index (χ0) is 13.1. The molecule has 0 aliphatic carbocycles. The molecule has 1 aromatic carbocycles. The van der Waals surface area contributed by atoms with Gasteiger partial charge in [0.1, 0.15) is 0 Å². The molecule has 1 aromatic heterocycles. The van der Waals surface area contributed by atoms with E-state index in [1.165, 1.54) is 7.11 Å². The lowest BCUT2D eigenvalue weighted by molar-refractivity contribution is 0.379. The second-order valence-electron chi connectivity index (χ2n) is 3.17. The van der Waals surface area contributed by atoms with E-state index in [9.17, 15) is 0 Å². The van der Waals surface area contributed by atoms with Crippen molar-refractivity contribution < 1.29 is 4.74 Å². The van der Waals surface area contributed by atoms with E-state index >= 15 is 0 Å². The fourth-order valence-corrected chi connectivity index (χ4v) is 1.63. The molecule has 94 valence electrons. The van der Waals surface area contributed by atoms with E-state index < -0.39 is 0 Å². The Morgan fingerprint density at radius 3 is 2.50 bits per heavy atom. The maximum absolute atomic E-state index is 5.89. The van der Waals surface area contributed by atoms with Crippen molar-refractivity contribution in [3.05, 3.63) is 33.5 Å². The van der Waals surface area contributed by atoms with Gasteiger partial charge in [0.25, 0.3) is 0 Å². The highest BCUT2D eigenvalue weighted by atomic mass is 35.5. The Labute approximate surface area is 118 Å². The zero-order valence-electron chi connectivity index (χ0n) is 9.12. The van der Waals surface area contributed by atoms with Crippen LogP contribution in [0.2, 0.25) is 15.3 Å². The van der Waals surface area contributed by atoms with Crippen LogP contribution < -0.4 is 10.1 Å². The van der Waals surface area contributed by atoms with Crippen LogP contribution in [0.5, 0.6) is 6.01 Å². The molecule has 0 spiro atoms. The van der Waals surface area contributed by atoms with Crippen LogP contribution >= 0.6 is 34.8 Å². The monoisotopic (exact) mass is 304 g/mol. The molecule has 0 aliphatic rings. The van der Waals surface area contributed by atoms with Gasteiger partial charge in [-0.25, -0.2) is 0 Å². The van der Waals surface area contributed by atoms with Crippen LogP contribution in [-0.4, -0.2) is 22.1 Å². The van der Waals surface area contributed by atoms with Crippen LogP contribution in [0.15, 0.2) is 18.2 Å². The predicted molar refractivity (Wildman–Crippen MR) is 71.1 cm³/mol. The van der Waals surface area contributed by atoms with Crippen molar-refractivity contribution in [3.63, 3.8) is 0 Å². The molecular weight excluding hydrogens is 298 g/mol. The largest absolute Gasteiger partial charge is 0.467 e. The van der Waals surface area contributed by atoms with E-state index in [0.29, 0.717) is 15.7 Å². The van der Waals surface area contributed by atoms with Crippen molar-refractivity contribution in [3.8, 4) is 6.01 Å². The molecule has 1 N–H and O–H groups in total. The summed E-state index contributed by atoms with van der Waals surface area (Å²) in [6.45, 7) is 0. The van der Waals surface area contributed by atoms with Crippen LogP contribution in [0.1, 0.15) is 0 Å². The smallest absolute Gasteiger partial charge is 0.322 e. The van der Waals surface area contributed by atoms with Crippen molar-refractivity contribution >= 4 is 46.4 Å². The summed E-state index contributed by atoms with van der Waals surface area (Å²) in [5, 5.41) is 3.84. The first-order valence-corrected chi connectivity index (χ1v) is 5.89. The number of benzene rings is 1. The summed E-state index contributed by atoms with van der Waals surface area (Å²) in [5.74, 6) is 0.255. The lowest BCUT2D eigenvalue weighted by Gasteiger charge is -2.06. The summed E-state index contributed by atoms with van der Waals surface area (Å²) in [4.78, 5) is 11.6. The summed E-state index contributed by atoms with van der Waals surface area (Å²) in [7, 11) is 1.44. The number of nitrogens with zero attached hydrogens (tertiary/aromatic N) is 3. The van der Waals surface area contributed by atoms with Gasteiger partial charge < -0.3 is 10.1 Å². The molecule has 0 atom stereocenters. The SMILES string of the molecule is COc1nc(Cl)nc(Nc2ccc(Cl)c(Cl)c2)n1. The molecule has 2 rings (SSSR count). The molecule has 0 saturated carbocycles. The predicted octanol–water partition coefficient (Wildman–Crippen LogP) is 3.58. The summed E-state index contributed by atoms with van der Waals surface area (Å²) in [6.07, 6.45) is 0. The third-order valence-corrected chi connectivity index (χ3v) is 2.85. The van der Waals surface area contributed by atoms with Gasteiger partial charge in [0.15, 0.2) is 0 Å². The standard InChI is InChI=1S/C10H7Cl3N4O/c1-18-10-16-8(13)15-9(17-10)14-5-2-3-6(11)7(12)4-5/h2-4H,1H3,(H,14,15,16,17). The summed E-state index contributed by atoms with van der Waals surface area (Å²) < 4.78 is 4.88. The second-order valence-corrected chi connectivity index (χ2v) is 4.32. The molecule has 0 bridgehead atoms. The number of rotatable bonds is 3. The number of hydrogen-bond acceptors (Lipinski definition) is 5. The number of anilines is 2. The fraction of sp³-hybridized carbons (Fsp3) is 0.100. The third-order valence-electron chi connectivity index (χ3n) is 1.95. The van der Waals surface area contributed by atoms with Gasteiger partial charge >= 0.3 is 6.01 Å². The van der Waals surface area contributed by atoms with Crippen molar-refractivity contribution in [2.75, 3.05) is 12.4 Å². The van der Waals surface area contributed by atoms with Crippen LogP contribution in [-0.2, 0) is 0 Å². The summed E-state index contributed by atoms with van der Waals surface area (Å²) in [6, 6.07) is 5.16. The quantitative estimate of drug-likeness (QED) is 0.939. The number of nitrogens with one attached hydrogen (secondary N) is 1. The molecular formula is C10H7Cl3N4O. The minimum absolute atomic E-state index is 0.0319. The molecule has 0 unspecified atom stereocenters. The van der Waals surface area contributed by atoms with Crippen LogP contribution in [0.4, 0.5) is 11.6 Å². The van der Waals surface area contributed by atoms with E-state index in [4.69, 9.17) is 39.5 Å². The van der Waals surface area contributed by atoms with E-state index in [1.54, 1.807) is 18.2 Å². The average Bonchev–Trinajstić information content (AvgIpc) is 2.33. The van der Waals surface area contributed by atoms with Gasteiger partial charge in [0.05, 0.1) is 17.2 Å². The number of halogens is 3. The number of hydrogen-bond donors (Lipinski definition) is 1. The zero-order valence-corrected chi connectivity index (χ0v) is 11.4. The van der Waals surface area contributed by atoms with Crippen molar-refractivity contribution in [2.45, 2.75) is 0 Å². The van der Waals surface area contributed by atoms with Crippen molar-refractivity contribution in [1.29, 1.82) is 0 Å². The van der Waals surface area contributed by atoms with Gasteiger partial charge in [0, 0.05) is 5.69 Å². The highest BCUT2D eigenvalue weighted by Gasteiger charge is 2.06. The van der Waals surface area contributed by atoms with E-state index in [0.717, 1.165) is 0 Å².